The monoisotopic (exact) mass is 360 g/mol. The van der Waals surface area contributed by atoms with E-state index in [1.165, 1.54) is 37.8 Å². The van der Waals surface area contributed by atoms with Crippen molar-refractivity contribution in [3.8, 4) is 5.75 Å². The maximum absolute atomic E-state index is 13.0. The van der Waals surface area contributed by atoms with Gasteiger partial charge in [-0.25, -0.2) is 4.39 Å². The standard InChI is InChI=1S/C21H29FN2O2/c22-18-4-6-19(7-5-18)26-13-12-23-11-1-9-21(15-23)10-8-20(25)24(16-21)14-17-2-3-17/h4-7,17H,1-3,8-16H2/t21-/m0/s1. The van der Waals surface area contributed by atoms with Crippen molar-refractivity contribution in [2.24, 2.45) is 11.3 Å². The Balaban J connectivity index is 1.28. The average Bonchev–Trinajstić information content (AvgIpc) is 3.45. The molecule has 0 bridgehead atoms. The molecule has 1 aliphatic carbocycles. The topological polar surface area (TPSA) is 32.8 Å². The number of nitrogens with zero attached hydrogens (tertiary/aromatic N) is 2. The molecule has 26 heavy (non-hydrogen) atoms. The van der Waals surface area contributed by atoms with Gasteiger partial charge < -0.3 is 9.64 Å². The van der Waals surface area contributed by atoms with E-state index in [1.54, 1.807) is 12.1 Å². The molecule has 0 radical (unpaired) electrons. The van der Waals surface area contributed by atoms with Crippen molar-refractivity contribution in [2.75, 3.05) is 39.3 Å². The second-order valence-electron chi connectivity index (χ2n) is 8.40. The minimum Gasteiger partial charge on any atom is -0.492 e. The number of halogens is 1. The van der Waals surface area contributed by atoms with Gasteiger partial charge >= 0.3 is 0 Å². The molecule has 1 amide bonds. The zero-order chi connectivity index (χ0) is 18.0. The van der Waals surface area contributed by atoms with Gasteiger partial charge in [-0.3, -0.25) is 9.69 Å². The zero-order valence-corrected chi connectivity index (χ0v) is 15.5. The first-order valence-corrected chi connectivity index (χ1v) is 10.0. The minimum absolute atomic E-state index is 0.238. The molecule has 1 aromatic rings. The first-order chi connectivity index (χ1) is 12.6. The molecule has 2 saturated heterocycles. The van der Waals surface area contributed by atoms with E-state index in [9.17, 15) is 9.18 Å². The second kappa shape index (κ2) is 7.55. The van der Waals surface area contributed by atoms with Crippen molar-refractivity contribution in [3.05, 3.63) is 30.1 Å². The minimum atomic E-state index is -0.238. The molecule has 0 unspecified atom stereocenters. The van der Waals surface area contributed by atoms with Crippen LogP contribution < -0.4 is 4.74 Å². The summed E-state index contributed by atoms with van der Waals surface area (Å²) in [5, 5.41) is 0. The highest BCUT2D eigenvalue weighted by Crippen LogP contribution is 2.40. The van der Waals surface area contributed by atoms with Gasteiger partial charge in [0.25, 0.3) is 0 Å². The van der Waals surface area contributed by atoms with E-state index < -0.39 is 0 Å². The summed E-state index contributed by atoms with van der Waals surface area (Å²) in [6.07, 6.45) is 6.76. The van der Waals surface area contributed by atoms with Crippen LogP contribution in [0.2, 0.25) is 0 Å². The van der Waals surface area contributed by atoms with E-state index in [0.29, 0.717) is 18.9 Å². The van der Waals surface area contributed by atoms with Crippen LogP contribution in [0.4, 0.5) is 4.39 Å². The molecule has 1 atom stereocenters. The van der Waals surface area contributed by atoms with Crippen molar-refractivity contribution >= 4 is 5.91 Å². The molecule has 0 N–H and O–H groups in total. The first-order valence-electron chi connectivity index (χ1n) is 10.0. The van der Waals surface area contributed by atoms with Crippen LogP contribution in [0, 0.1) is 17.2 Å². The molecule has 4 nitrogen and oxygen atoms in total. The van der Waals surface area contributed by atoms with E-state index in [2.05, 4.69) is 9.80 Å². The highest BCUT2D eigenvalue weighted by atomic mass is 19.1. The molecule has 3 fully saturated rings. The molecular formula is C21H29FN2O2. The molecule has 3 aliphatic rings. The van der Waals surface area contributed by atoms with E-state index >= 15 is 0 Å². The van der Waals surface area contributed by atoms with Crippen LogP contribution in [0.25, 0.3) is 0 Å². The largest absolute Gasteiger partial charge is 0.492 e. The van der Waals surface area contributed by atoms with Gasteiger partial charge in [0.05, 0.1) is 0 Å². The summed E-state index contributed by atoms with van der Waals surface area (Å²) in [6.45, 7) is 5.59. The number of hydrogen-bond donors (Lipinski definition) is 0. The summed E-state index contributed by atoms with van der Waals surface area (Å²) >= 11 is 0. The van der Waals surface area contributed by atoms with Gasteiger partial charge in [0, 0.05) is 38.0 Å². The summed E-state index contributed by atoms with van der Waals surface area (Å²) in [4.78, 5) is 16.9. The maximum atomic E-state index is 13.0. The molecule has 1 aromatic carbocycles. The highest BCUT2D eigenvalue weighted by Gasteiger charge is 2.42. The first kappa shape index (κ1) is 17.8. The summed E-state index contributed by atoms with van der Waals surface area (Å²) in [7, 11) is 0. The van der Waals surface area contributed by atoms with Gasteiger partial charge in [0.2, 0.25) is 5.91 Å². The third-order valence-corrected chi connectivity index (χ3v) is 6.15. The molecular weight excluding hydrogens is 331 g/mol. The van der Waals surface area contributed by atoms with Crippen LogP contribution in [0.3, 0.4) is 0 Å². The third kappa shape index (κ3) is 4.37. The molecule has 5 heteroatoms. The number of carbonyl (C=O) groups excluding carboxylic acids is 1. The smallest absolute Gasteiger partial charge is 0.222 e. The van der Waals surface area contributed by atoms with Crippen molar-refractivity contribution in [1.82, 2.24) is 9.80 Å². The number of carbonyl (C=O) groups is 1. The number of amides is 1. The second-order valence-corrected chi connectivity index (χ2v) is 8.40. The van der Waals surface area contributed by atoms with E-state index in [4.69, 9.17) is 4.74 Å². The third-order valence-electron chi connectivity index (χ3n) is 6.15. The number of piperidine rings is 2. The molecule has 1 saturated carbocycles. The summed E-state index contributed by atoms with van der Waals surface area (Å²) in [5.74, 6) is 1.60. The van der Waals surface area contributed by atoms with Gasteiger partial charge in [-0.05, 0) is 68.8 Å². The fourth-order valence-corrected chi connectivity index (χ4v) is 4.54. The van der Waals surface area contributed by atoms with Crippen LogP contribution in [-0.4, -0.2) is 55.0 Å². The van der Waals surface area contributed by atoms with Gasteiger partial charge in [-0.15, -0.1) is 0 Å². The molecule has 2 aliphatic heterocycles. The average molecular weight is 360 g/mol. The fraction of sp³-hybridized carbons (Fsp3) is 0.667. The van der Waals surface area contributed by atoms with Crippen molar-refractivity contribution < 1.29 is 13.9 Å². The number of ether oxygens (including phenoxy) is 1. The predicted octanol–water partition coefficient (Wildman–Crippen LogP) is 3.32. The Morgan fingerprint density at radius 2 is 1.96 bits per heavy atom. The van der Waals surface area contributed by atoms with Crippen LogP contribution in [0.5, 0.6) is 5.75 Å². The van der Waals surface area contributed by atoms with Crippen LogP contribution >= 0.6 is 0 Å². The summed E-state index contributed by atoms with van der Waals surface area (Å²) < 4.78 is 18.7. The highest BCUT2D eigenvalue weighted by molar-refractivity contribution is 5.77. The lowest BCUT2D eigenvalue weighted by atomic mass is 9.73. The Labute approximate surface area is 155 Å². The number of benzene rings is 1. The summed E-state index contributed by atoms with van der Waals surface area (Å²) in [6, 6.07) is 6.21. The fourth-order valence-electron chi connectivity index (χ4n) is 4.54. The van der Waals surface area contributed by atoms with Crippen LogP contribution in [0.15, 0.2) is 24.3 Å². The lowest BCUT2D eigenvalue weighted by molar-refractivity contribution is -0.139. The number of rotatable bonds is 6. The van der Waals surface area contributed by atoms with Crippen LogP contribution in [-0.2, 0) is 4.79 Å². The molecule has 1 spiro atoms. The Kier molecular flexibility index (Phi) is 5.16. The lowest BCUT2D eigenvalue weighted by Gasteiger charge is -2.48. The van der Waals surface area contributed by atoms with Crippen molar-refractivity contribution in [3.63, 3.8) is 0 Å². The van der Waals surface area contributed by atoms with Crippen molar-refractivity contribution in [1.29, 1.82) is 0 Å². The van der Waals surface area contributed by atoms with Gasteiger partial charge in [0.15, 0.2) is 0 Å². The SMILES string of the molecule is O=C1CC[C@]2(CCCN(CCOc3ccc(F)cc3)C2)CN1CC1CC1. The van der Waals surface area contributed by atoms with E-state index in [-0.39, 0.29) is 11.2 Å². The molecule has 2 heterocycles. The zero-order valence-electron chi connectivity index (χ0n) is 15.5. The maximum Gasteiger partial charge on any atom is 0.222 e. The van der Waals surface area contributed by atoms with Gasteiger partial charge in [0.1, 0.15) is 18.2 Å². The Morgan fingerprint density at radius 3 is 2.73 bits per heavy atom. The van der Waals surface area contributed by atoms with Crippen LogP contribution in [0.1, 0.15) is 38.5 Å². The van der Waals surface area contributed by atoms with Gasteiger partial charge in [-0.1, -0.05) is 0 Å². The Bertz CT molecular complexity index is 631. The molecule has 4 rings (SSSR count). The number of hydrogen-bond acceptors (Lipinski definition) is 3. The number of likely N-dealkylation sites (tertiary alicyclic amines) is 2. The Morgan fingerprint density at radius 1 is 1.15 bits per heavy atom. The molecule has 0 aromatic heterocycles. The summed E-state index contributed by atoms with van der Waals surface area (Å²) in [5.41, 5.74) is 0.275. The normalized spacial score (nSPS) is 27.1. The predicted molar refractivity (Wildman–Crippen MR) is 98.5 cm³/mol. The lowest BCUT2D eigenvalue weighted by Crippen LogP contribution is -2.54. The molecule has 142 valence electrons. The van der Waals surface area contributed by atoms with Gasteiger partial charge in [-0.2, -0.15) is 0 Å². The van der Waals surface area contributed by atoms with E-state index in [0.717, 1.165) is 50.8 Å². The van der Waals surface area contributed by atoms with E-state index in [1.807, 2.05) is 0 Å². The Hall–Kier alpha value is -1.62. The quantitative estimate of drug-likeness (QED) is 0.780. The van der Waals surface area contributed by atoms with Crippen molar-refractivity contribution in [2.45, 2.75) is 38.5 Å².